The van der Waals surface area contributed by atoms with Crippen molar-refractivity contribution in [2.24, 2.45) is 0 Å². The molecular weight excluding hydrogens is 292 g/mol. The molecule has 0 aliphatic carbocycles. The molecule has 1 aliphatic heterocycles. The Balaban J connectivity index is 1.76. The van der Waals surface area contributed by atoms with Gasteiger partial charge in [0.05, 0.1) is 17.3 Å². The number of hydrogen-bond donors (Lipinski definition) is 1. The van der Waals surface area contributed by atoms with Crippen LogP contribution in [0.1, 0.15) is 18.5 Å². The lowest BCUT2D eigenvalue weighted by atomic mass is 10.2. The van der Waals surface area contributed by atoms with E-state index in [2.05, 4.69) is 15.3 Å². The van der Waals surface area contributed by atoms with Gasteiger partial charge < -0.3 is 5.11 Å². The summed E-state index contributed by atoms with van der Waals surface area (Å²) in [5.74, 6) is 0. The van der Waals surface area contributed by atoms with Gasteiger partial charge in [-0.25, -0.2) is 4.98 Å². The summed E-state index contributed by atoms with van der Waals surface area (Å²) < 4.78 is 0. The topological polar surface area (TPSA) is 36.4 Å². The van der Waals surface area contributed by atoms with Crippen LogP contribution in [0.3, 0.4) is 0 Å². The first-order valence-electron chi connectivity index (χ1n) is 6.82. The molecule has 2 heterocycles. The largest absolute Gasteiger partial charge is 0.395 e. The number of aliphatic hydroxyl groups excluding tert-OH is 1. The maximum atomic E-state index is 9.36. The monoisotopic (exact) mass is 308 g/mol. The third-order valence-corrected chi connectivity index (χ3v) is 4.98. The maximum absolute atomic E-state index is 9.36. The van der Waals surface area contributed by atoms with E-state index in [1.807, 2.05) is 24.3 Å². The lowest BCUT2D eigenvalue weighted by Gasteiger charge is -2.21. The van der Waals surface area contributed by atoms with E-state index in [0.717, 1.165) is 47.2 Å². The quantitative estimate of drug-likeness (QED) is 0.940. The summed E-state index contributed by atoms with van der Waals surface area (Å²) in [4.78, 5) is 7.00. The van der Waals surface area contributed by atoms with Crippen LogP contribution in [0.25, 0.3) is 10.6 Å². The molecule has 5 heteroatoms. The Labute approximate surface area is 127 Å². The van der Waals surface area contributed by atoms with E-state index >= 15 is 0 Å². The average Bonchev–Trinajstić information content (AvgIpc) is 3.09. The molecule has 1 fully saturated rings. The fourth-order valence-corrected chi connectivity index (χ4v) is 3.79. The first-order valence-corrected chi connectivity index (χ1v) is 8.08. The summed E-state index contributed by atoms with van der Waals surface area (Å²) in [6.07, 6.45) is 2.24. The number of hydrogen-bond acceptors (Lipinski definition) is 4. The van der Waals surface area contributed by atoms with Crippen molar-refractivity contribution in [3.63, 3.8) is 0 Å². The number of nitrogens with zero attached hydrogens (tertiary/aromatic N) is 2. The predicted octanol–water partition coefficient (Wildman–Crippen LogP) is 3.42. The zero-order valence-corrected chi connectivity index (χ0v) is 12.7. The summed E-state index contributed by atoms with van der Waals surface area (Å²) in [5.41, 5.74) is 2.05. The minimum Gasteiger partial charge on any atom is -0.395 e. The van der Waals surface area contributed by atoms with E-state index in [-0.39, 0.29) is 6.61 Å². The zero-order valence-electron chi connectivity index (χ0n) is 11.1. The molecule has 1 saturated heterocycles. The third-order valence-electron chi connectivity index (χ3n) is 3.73. The van der Waals surface area contributed by atoms with Crippen LogP contribution < -0.4 is 0 Å². The lowest BCUT2D eigenvalue weighted by Crippen LogP contribution is -2.31. The van der Waals surface area contributed by atoms with Gasteiger partial charge in [-0.1, -0.05) is 29.8 Å². The van der Waals surface area contributed by atoms with Crippen molar-refractivity contribution in [3.8, 4) is 10.6 Å². The van der Waals surface area contributed by atoms with Crippen molar-refractivity contribution in [1.82, 2.24) is 9.88 Å². The Hall–Kier alpha value is -0.940. The number of likely N-dealkylation sites (tertiary alicyclic amines) is 1. The Bertz CT molecular complexity index is 587. The molecule has 0 bridgehead atoms. The smallest absolute Gasteiger partial charge is 0.125 e. The molecule has 0 saturated carbocycles. The molecule has 2 aromatic rings. The summed E-state index contributed by atoms with van der Waals surface area (Å²) >= 11 is 7.83. The number of rotatable bonds is 4. The minimum atomic E-state index is 0.238. The molecule has 0 spiro atoms. The van der Waals surface area contributed by atoms with Gasteiger partial charge >= 0.3 is 0 Å². The van der Waals surface area contributed by atoms with Crippen LogP contribution in [-0.2, 0) is 6.54 Å². The van der Waals surface area contributed by atoms with E-state index in [9.17, 15) is 5.11 Å². The molecule has 1 aromatic heterocycles. The van der Waals surface area contributed by atoms with Crippen LogP contribution in [0.2, 0.25) is 5.02 Å². The SMILES string of the molecule is OC[C@H]1CCCN1Cc1csc(-c2ccccc2Cl)n1. The second-order valence-electron chi connectivity index (χ2n) is 5.07. The van der Waals surface area contributed by atoms with Gasteiger partial charge in [-0.05, 0) is 25.5 Å². The van der Waals surface area contributed by atoms with Crippen molar-refractivity contribution < 1.29 is 5.11 Å². The van der Waals surface area contributed by atoms with E-state index < -0.39 is 0 Å². The minimum absolute atomic E-state index is 0.238. The van der Waals surface area contributed by atoms with Crippen LogP contribution >= 0.6 is 22.9 Å². The summed E-state index contributed by atoms with van der Waals surface area (Å²) in [6, 6.07) is 8.08. The van der Waals surface area contributed by atoms with Crippen molar-refractivity contribution >= 4 is 22.9 Å². The molecule has 3 rings (SSSR count). The molecule has 0 radical (unpaired) electrons. The first-order chi connectivity index (χ1) is 9.78. The molecule has 0 unspecified atom stereocenters. The summed E-state index contributed by atoms with van der Waals surface area (Å²) in [7, 11) is 0. The lowest BCUT2D eigenvalue weighted by molar-refractivity contribution is 0.152. The zero-order chi connectivity index (χ0) is 13.9. The van der Waals surface area contributed by atoms with Crippen molar-refractivity contribution in [3.05, 3.63) is 40.4 Å². The number of benzene rings is 1. The molecule has 1 N–H and O–H groups in total. The fraction of sp³-hybridized carbons (Fsp3) is 0.400. The highest BCUT2D eigenvalue weighted by molar-refractivity contribution is 7.13. The second-order valence-corrected chi connectivity index (χ2v) is 6.34. The number of thiazole rings is 1. The van der Waals surface area contributed by atoms with Gasteiger partial charge in [0.1, 0.15) is 5.01 Å². The molecule has 1 aliphatic rings. The molecule has 0 amide bonds. The van der Waals surface area contributed by atoms with Crippen molar-refractivity contribution in [1.29, 1.82) is 0 Å². The van der Waals surface area contributed by atoms with Gasteiger partial charge in [0.15, 0.2) is 0 Å². The van der Waals surface area contributed by atoms with Crippen LogP contribution in [0.15, 0.2) is 29.6 Å². The molecular formula is C15H17ClN2OS. The Morgan fingerprint density at radius 2 is 2.25 bits per heavy atom. The van der Waals surface area contributed by atoms with E-state index in [1.54, 1.807) is 11.3 Å². The molecule has 1 atom stereocenters. The number of halogens is 1. The van der Waals surface area contributed by atoms with Crippen molar-refractivity contribution in [2.75, 3.05) is 13.2 Å². The normalized spacial score (nSPS) is 19.6. The van der Waals surface area contributed by atoms with E-state index in [0.29, 0.717) is 6.04 Å². The van der Waals surface area contributed by atoms with Gasteiger partial charge in [-0.3, -0.25) is 4.90 Å². The summed E-state index contributed by atoms with van der Waals surface area (Å²) in [5, 5.41) is 13.1. The van der Waals surface area contributed by atoms with Crippen LogP contribution in [0.4, 0.5) is 0 Å². The Morgan fingerprint density at radius 3 is 3.05 bits per heavy atom. The van der Waals surface area contributed by atoms with Crippen molar-refractivity contribution in [2.45, 2.75) is 25.4 Å². The number of aliphatic hydroxyl groups is 1. The van der Waals surface area contributed by atoms with Gasteiger partial charge in [-0.15, -0.1) is 11.3 Å². The predicted molar refractivity (Wildman–Crippen MR) is 83.1 cm³/mol. The summed E-state index contributed by atoms with van der Waals surface area (Å²) in [6.45, 7) is 2.10. The molecule has 1 aromatic carbocycles. The first kappa shape index (κ1) is 14.0. The number of aromatic nitrogens is 1. The highest BCUT2D eigenvalue weighted by Crippen LogP contribution is 2.31. The molecule has 3 nitrogen and oxygen atoms in total. The highest BCUT2D eigenvalue weighted by Gasteiger charge is 2.24. The Kier molecular flexibility index (Phi) is 4.36. The highest BCUT2D eigenvalue weighted by atomic mass is 35.5. The van der Waals surface area contributed by atoms with E-state index in [1.165, 1.54) is 0 Å². The van der Waals surface area contributed by atoms with Gasteiger partial charge in [0.2, 0.25) is 0 Å². The van der Waals surface area contributed by atoms with Crippen LogP contribution in [0, 0.1) is 0 Å². The van der Waals surface area contributed by atoms with Gasteiger partial charge in [-0.2, -0.15) is 0 Å². The van der Waals surface area contributed by atoms with E-state index in [4.69, 9.17) is 11.6 Å². The molecule has 20 heavy (non-hydrogen) atoms. The van der Waals surface area contributed by atoms with Crippen LogP contribution in [-0.4, -0.2) is 34.2 Å². The fourth-order valence-electron chi connectivity index (χ4n) is 2.66. The standard InChI is InChI=1S/C15H17ClN2OS/c16-14-6-2-1-5-13(14)15-17-11(10-20-15)8-18-7-3-4-12(18)9-19/h1-2,5-6,10,12,19H,3-4,7-9H2/t12-/m1/s1. The average molecular weight is 309 g/mol. The Morgan fingerprint density at radius 1 is 1.40 bits per heavy atom. The maximum Gasteiger partial charge on any atom is 0.125 e. The van der Waals surface area contributed by atoms with Gasteiger partial charge in [0, 0.05) is 23.5 Å². The molecule has 106 valence electrons. The van der Waals surface area contributed by atoms with Gasteiger partial charge in [0.25, 0.3) is 0 Å². The third kappa shape index (κ3) is 2.88. The van der Waals surface area contributed by atoms with Crippen LogP contribution in [0.5, 0.6) is 0 Å². The second kappa shape index (κ2) is 6.22.